The van der Waals surface area contributed by atoms with Crippen LogP contribution in [0.4, 0.5) is 0 Å². The maximum atomic E-state index is 4.34. The molecule has 0 unspecified atom stereocenters. The van der Waals surface area contributed by atoms with Gasteiger partial charge in [-0.15, -0.1) is 17.0 Å². The van der Waals surface area contributed by atoms with Gasteiger partial charge in [-0.2, -0.15) is 0 Å². The summed E-state index contributed by atoms with van der Waals surface area (Å²) in [5.41, 5.74) is 0. The third-order valence-corrected chi connectivity index (χ3v) is 0. The molecule has 0 saturated heterocycles. The number of hydrogen-bond donors (Lipinski definition) is 0. The molecular formula is HBrCsMoPbS2. The van der Waals surface area contributed by atoms with Gasteiger partial charge in [-0.25, -0.2) is 0 Å². The molecule has 6 heavy (non-hydrogen) atoms. The Labute approximate surface area is 143 Å². The van der Waals surface area contributed by atoms with E-state index >= 15 is 0 Å². The molecule has 0 nitrogen and oxygen atoms in total. The van der Waals surface area contributed by atoms with Crippen molar-refractivity contribution in [2.45, 2.75) is 0 Å². The van der Waals surface area contributed by atoms with E-state index in [-0.39, 0.29) is 128 Å². The molecule has 0 atom stereocenters. The van der Waals surface area contributed by atoms with E-state index < -0.39 is 0 Å². The van der Waals surface area contributed by atoms with Crippen molar-refractivity contribution >= 4 is 133 Å². The molecular weight excluding hydrogens is 580 g/mol. The molecule has 5 radical (unpaired) electrons. The molecule has 0 aromatic carbocycles. The van der Waals surface area contributed by atoms with E-state index in [0.29, 0.717) is 0 Å². The van der Waals surface area contributed by atoms with E-state index in [1.807, 2.05) is 0 Å². The Hall–Kier alpha value is 4.58. The summed E-state index contributed by atoms with van der Waals surface area (Å²) in [6.45, 7) is 0. The Kier molecular flexibility index (Phi) is 84.7. The van der Waals surface area contributed by atoms with Crippen LogP contribution in [0.5, 0.6) is 0 Å². The van der Waals surface area contributed by atoms with Crippen molar-refractivity contribution < 1.29 is 14.9 Å². The second-order valence-corrected chi connectivity index (χ2v) is 3.62. The zero-order chi connectivity index (χ0) is 2.71. The Balaban J connectivity index is -0.00000000667. The second-order valence-electron chi connectivity index (χ2n) is 0.0680. The second kappa shape index (κ2) is 22.6. The molecule has 0 aromatic heterocycles. The molecule has 0 heterocycles. The van der Waals surface area contributed by atoms with Crippen LogP contribution in [0.25, 0.3) is 0 Å². The van der Waals surface area contributed by atoms with Crippen molar-refractivity contribution in [1.29, 1.82) is 0 Å². The monoisotopic (exact) mass is 583 g/mol. The average molecular weight is 581 g/mol. The average Bonchev–Trinajstić information content (AvgIpc) is 0.918. The van der Waals surface area contributed by atoms with E-state index in [1.165, 1.54) is 0 Å². The van der Waals surface area contributed by atoms with Crippen LogP contribution in [-0.2, 0) is 14.9 Å². The van der Waals surface area contributed by atoms with Crippen LogP contribution in [-0.4, -0.2) is 96.2 Å². The van der Waals surface area contributed by atoms with Crippen molar-refractivity contribution in [2.75, 3.05) is 0 Å². The van der Waals surface area contributed by atoms with Gasteiger partial charge in [-0.1, -0.05) is 0 Å². The summed E-state index contributed by atoms with van der Waals surface area (Å²) in [4.78, 5) is 0. The van der Waals surface area contributed by atoms with Crippen LogP contribution < -0.4 is 0 Å². The van der Waals surface area contributed by atoms with E-state index in [9.17, 15) is 0 Å². The molecule has 0 fully saturated rings. The van der Waals surface area contributed by atoms with Crippen molar-refractivity contribution in [3.8, 4) is 0 Å². The van der Waals surface area contributed by atoms with Gasteiger partial charge in [0, 0.05) is 96.2 Å². The molecule has 0 aliphatic rings. The zero-order valence-corrected chi connectivity index (χ0v) is 18.7. The molecule has 6 heteroatoms. The molecule has 0 N–H and O–H groups in total. The van der Waals surface area contributed by atoms with Crippen LogP contribution in [0.15, 0.2) is 0 Å². The van der Waals surface area contributed by atoms with Crippen LogP contribution in [0, 0.1) is 0 Å². The minimum atomic E-state index is -0.363. The van der Waals surface area contributed by atoms with Gasteiger partial charge in [0.25, 0.3) is 0 Å². The Bertz CT molecular complexity index is 34.5. The van der Waals surface area contributed by atoms with Crippen molar-refractivity contribution in [3.63, 3.8) is 0 Å². The van der Waals surface area contributed by atoms with Crippen molar-refractivity contribution in [2.24, 2.45) is 0 Å². The fraction of sp³-hybridized carbons (Fsp3) is 0. The molecule has 0 amide bonds. The third kappa shape index (κ3) is 23.5. The summed E-state index contributed by atoms with van der Waals surface area (Å²) in [6.07, 6.45) is 0. The van der Waals surface area contributed by atoms with Crippen LogP contribution in [0.2, 0.25) is 0 Å². The molecule has 31 valence electrons. The van der Waals surface area contributed by atoms with Gasteiger partial charge < -0.3 is 0 Å². The summed E-state index contributed by atoms with van der Waals surface area (Å²) in [6, 6.07) is 0. The van der Waals surface area contributed by atoms with E-state index in [0.717, 1.165) is 0 Å². The fourth-order valence-corrected chi connectivity index (χ4v) is 0. The SMILES string of the molecule is Br.[Cs].[Pb].[S]=[Mo]=[S]. The molecule has 0 aliphatic heterocycles. The Morgan fingerprint density at radius 1 is 1.17 bits per heavy atom. The number of rotatable bonds is 0. The first-order valence-electron chi connectivity index (χ1n) is 0.333. The van der Waals surface area contributed by atoms with Crippen LogP contribution >= 0.6 is 36.6 Å². The number of hydrogen-bond acceptors (Lipinski definition) is 2. The maximum absolute atomic E-state index is 4.34. The van der Waals surface area contributed by atoms with Crippen molar-refractivity contribution in [3.05, 3.63) is 0 Å². The van der Waals surface area contributed by atoms with Gasteiger partial charge in [-0.3, -0.25) is 0 Å². The molecule has 0 saturated carbocycles. The summed E-state index contributed by atoms with van der Waals surface area (Å²) >= 11 is -0.363. The predicted octanol–water partition coefficient (Wildman–Crippen LogP) is 1.11. The summed E-state index contributed by atoms with van der Waals surface area (Å²) in [5, 5.41) is 0. The van der Waals surface area contributed by atoms with E-state index in [4.69, 9.17) is 0 Å². The molecule has 0 spiro atoms. The summed E-state index contributed by atoms with van der Waals surface area (Å²) < 4.78 is 0. The van der Waals surface area contributed by atoms with Gasteiger partial charge in [0.05, 0.1) is 0 Å². The quantitative estimate of drug-likeness (QED) is 0.394. The van der Waals surface area contributed by atoms with Crippen LogP contribution in [0.1, 0.15) is 0 Å². The zero-order valence-electron chi connectivity index (χ0n) is 3.13. The predicted molar refractivity (Wildman–Crippen MR) is 37.0 cm³/mol. The molecule has 0 bridgehead atoms. The third-order valence-electron chi connectivity index (χ3n) is 0. The minimum absolute atomic E-state index is 0. The van der Waals surface area contributed by atoms with Gasteiger partial charge in [0.2, 0.25) is 0 Å². The first-order chi connectivity index (χ1) is 1.41. The fourth-order valence-electron chi connectivity index (χ4n) is 0. The molecule has 0 rings (SSSR count). The van der Waals surface area contributed by atoms with Gasteiger partial charge in [0.1, 0.15) is 0 Å². The van der Waals surface area contributed by atoms with Gasteiger partial charge in [0.15, 0.2) is 0 Å². The molecule has 0 aromatic rings. The number of halogens is 1. The van der Waals surface area contributed by atoms with Crippen LogP contribution in [0.3, 0.4) is 0 Å². The van der Waals surface area contributed by atoms with Gasteiger partial charge in [-0.05, 0) is 0 Å². The first-order valence-corrected chi connectivity index (χ1v) is 5.92. The summed E-state index contributed by atoms with van der Waals surface area (Å²) in [7, 11) is 8.68. The summed E-state index contributed by atoms with van der Waals surface area (Å²) in [5.74, 6) is 0. The van der Waals surface area contributed by atoms with Crippen molar-refractivity contribution in [1.82, 2.24) is 0 Å². The van der Waals surface area contributed by atoms with Gasteiger partial charge >= 0.3 is 34.6 Å². The van der Waals surface area contributed by atoms with E-state index in [2.05, 4.69) is 19.6 Å². The Morgan fingerprint density at radius 2 is 1.17 bits per heavy atom. The molecule has 0 aliphatic carbocycles. The van der Waals surface area contributed by atoms with E-state index in [1.54, 1.807) is 0 Å². The topological polar surface area (TPSA) is 0 Å². The first kappa shape index (κ1) is 22.4. The Morgan fingerprint density at radius 3 is 1.17 bits per heavy atom. The normalized spacial score (nSPS) is 2.00. The standard InChI is InChI=1S/BrH.Cs.Mo.Pb.2S/h1H;;;;;.